The molecule has 22 heavy (non-hydrogen) atoms. The van der Waals surface area contributed by atoms with Gasteiger partial charge in [0.1, 0.15) is 5.76 Å². The van der Waals surface area contributed by atoms with Crippen LogP contribution in [-0.2, 0) is 6.42 Å². The molecule has 5 heteroatoms. The Balaban J connectivity index is 0.00000242. The van der Waals surface area contributed by atoms with E-state index in [0.717, 1.165) is 30.8 Å². The summed E-state index contributed by atoms with van der Waals surface area (Å²) in [6.07, 6.45) is 1.01. The second-order valence-electron chi connectivity index (χ2n) is 4.82. The minimum absolute atomic E-state index is 0. The first kappa shape index (κ1) is 18.3. The third-order valence-electron chi connectivity index (χ3n) is 3.31. The maximum Gasteiger partial charge on any atom is 0.287 e. The van der Waals surface area contributed by atoms with E-state index in [1.807, 2.05) is 25.1 Å². The minimum atomic E-state index is -0.177. The maximum absolute atomic E-state index is 11.9. The van der Waals surface area contributed by atoms with Crippen molar-refractivity contribution < 1.29 is 9.21 Å². The van der Waals surface area contributed by atoms with E-state index in [2.05, 4.69) is 29.7 Å². The summed E-state index contributed by atoms with van der Waals surface area (Å²) in [5, 5.41) is 5.97. The predicted octanol–water partition coefficient (Wildman–Crippen LogP) is 3.27. The Bertz CT molecular complexity index is 579. The molecule has 1 heterocycles. The molecule has 0 unspecified atom stereocenters. The smallest absolute Gasteiger partial charge is 0.287 e. The molecule has 0 aliphatic carbocycles. The number of hydrogen-bond acceptors (Lipinski definition) is 3. The average molecular weight is 323 g/mol. The van der Waals surface area contributed by atoms with E-state index in [4.69, 9.17) is 4.42 Å². The number of rotatable bonds is 7. The Morgan fingerprint density at radius 2 is 1.77 bits per heavy atom. The molecule has 0 atom stereocenters. The molecule has 1 aromatic heterocycles. The molecule has 120 valence electrons. The summed E-state index contributed by atoms with van der Waals surface area (Å²) in [6.45, 7) is 6.40. The van der Waals surface area contributed by atoms with Gasteiger partial charge in [0.05, 0.1) is 0 Å². The summed E-state index contributed by atoms with van der Waals surface area (Å²) in [5.74, 6) is 0.889. The maximum atomic E-state index is 11.9. The summed E-state index contributed by atoms with van der Waals surface area (Å²) in [7, 11) is 0. The van der Waals surface area contributed by atoms with Crippen molar-refractivity contribution in [3.8, 4) is 11.3 Å². The molecule has 0 fully saturated rings. The zero-order valence-corrected chi connectivity index (χ0v) is 13.8. The van der Waals surface area contributed by atoms with Gasteiger partial charge in [-0.25, -0.2) is 0 Å². The van der Waals surface area contributed by atoms with Gasteiger partial charge in [0.15, 0.2) is 5.76 Å². The van der Waals surface area contributed by atoms with Crippen LogP contribution in [0.15, 0.2) is 40.8 Å². The van der Waals surface area contributed by atoms with Crippen LogP contribution in [0.4, 0.5) is 0 Å². The van der Waals surface area contributed by atoms with E-state index in [1.54, 1.807) is 6.07 Å². The van der Waals surface area contributed by atoms with Crippen molar-refractivity contribution in [3.05, 3.63) is 47.7 Å². The van der Waals surface area contributed by atoms with Crippen LogP contribution >= 0.6 is 12.4 Å². The number of likely N-dealkylation sites (N-methyl/N-ethyl adjacent to an activating group) is 1. The summed E-state index contributed by atoms with van der Waals surface area (Å²) >= 11 is 0. The lowest BCUT2D eigenvalue weighted by molar-refractivity contribution is 0.0927. The highest BCUT2D eigenvalue weighted by atomic mass is 35.5. The molecule has 0 bridgehead atoms. The number of benzene rings is 1. The molecule has 2 aromatic rings. The Kier molecular flexibility index (Phi) is 7.71. The largest absolute Gasteiger partial charge is 0.451 e. The number of halogens is 1. The molecule has 0 saturated carbocycles. The normalized spacial score (nSPS) is 10.1. The minimum Gasteiger partial charge on any atom is -0.451 e. The van der Waals surface area contributed by atoms with Gasteiger partial charge in [-0.05, 0) is 30.7 Å². The van der Waals surface area contributed by atoms with Crippen LogP contribution in [0.5, 0.6) is 0 Å². The Hall–Kier alpha value is -1.78. The lowest BCUT2D eigenvalue weighted by atomic mass is 10.1. The van der Waals surface area contributed by atoms with Gasteiger partial charge in [-0.1, -0.05) is 38.1 Å². The number of aryl methyl sites for hydroxylation is 1. The molecular weight excluding hydrogens is 300 g/mol. The van der Waals surface area contributed by atoms with Crippen molar-refractivity contribution in [2.24, 2.45) is 0 Å². The standard InChI is InChI=1S/C17H22N2O2.ClH/c1-3-13-5-7-14(8-6-13)15-9-10-16(21-15)17(20)19-12-11-18-4-2;/h5-10,18H,3-4,11-12H2,1-2H3,(H,19,20);1H. The highest BCUT2D eigenvalue weighted by Gasteiger charge is 2.11. The molecule has 2 rings (SSSR count). The van der Waals surface area contributed by atoms with Crippen molar-refractivity contribution in [2.75, 3.05) is 19.6 Å². The number of furan rings is 1. The first-order valence-corrected chi connectivity index (χ1v) is 7.42. The third kappa shape index (κ3) is 4.90. The molecule has 1 amide bonds. The van der Waals surface area contributed by atoms with Gasteiger partial charge in [0, 0.05) is 18.7 Å². The van der Waals surface area contributed by atoms with Gasteiger partial charge in [-0.3, -0.25) is 4.79 Å². The van der Waals surface area contributed by atoms with E-state index in [0.29, 0.717) is 12.3 Å². The summed E-state index contributed by atoms with van der Waals surface area (Å²) < 4.78 is 5.63. The number of amides is 1. The zero-order valence-electron chi connectivity index (χ0n) is 13.0. The third-order valence-corrected chi connectivity index (χ3v) is 3.31. The highest BCUT2D eigenvalue weighted by Crippen LogP contribution is 2.22. The fourth-order valence-corrected chi connectivity index (χ4v) is 2.05. The predicted molar refractivity (Wildman–Crippen MR) is 91.6 cm³/mol. The lowest BCUT2D eigenvalue weighted by Crippen LogP contribution is -2.31. The summed E-state index contributed by atoms with van der Waals surface area (Å²) in [4.78, 5) is 11.9. The van der Waals surface area contributed by atoms with Crippen molar-refractivity contribution in [3.63, 3.8) is 0 Å². The average Bonchev–Trinajstić information content (AvgIpc) is 3.01. The first-order chi connectivity index (χ1) is 10.2. The van der Waals surface area contributed by atoms with Crippen LogP contribution in [0.25, 0.3) is 11.3 Å². The lowest BCUT2D eigenvalue weighted by Gasteiger charge is -2.03. The van der Waals surface area contributed by atoms with Crippen LogP contribution in [0.2, 0.25) is 0 Å². The molecule has 2 N–H and O–H groups in total. The Morgan fingerprint density at radius 1 is 1.05 bits per heavy atom. The second kappa shape index (κ2) is 9.28. The van der Waals surface area contributed by atoms with E-state index in [1.165, 1.54) is 5.56 Å². The van der Waals surface area contributed by atoms with E-state index in [-0.39, 0.29) is 18.3 Å². The van der Waals surface area contributed by atoms with E-state index in [9.17, 15) is 4.79 Å². The molecule has 0 saturated heterocycles. The van der Waals surface area contributed by atoms with Crippen LogP contribution in [0.1, 0.15) is 30.0 Å². The van der Waals surface area contributed by atoms with Gasteiger partial charge in [0.25, 0.3) is 5.91 Å². The van der Waals surface area contributed by atoms with E-state index >= 15 is 0 Å². The van der Waals surface area contributed by atoms with Crippen LogP contribution in [-0.4, -0.2) is 25.5 Å². The molecular formula is C17H23ClN2O2. The topological polar surface area (TPSA) is 54.3 Å². The van der Waals surface area contributed by atoms with E-state index < -0.39 is 0 Å². The Labute approximate surface area is 137 Å². The van der Waals surface area contributed by atoms with Gasteiger partial charge < -0.3 is 15.1 Å². The monoisotopic (exact) mass is 322 g/mol. The molecule has 0 radical (unpaired) electrons. The van der Waals surface area contributed by atoms with Gasteiger partial charge in [-0.15, -0.1) is 12.4 Å². The quantitative estimate of drug-likeness (QED) is 0.769. The summed E-state index contributed by atoms with van der Waals surface area (Å²) in [5.41, 5.74) is 2.27. The van der Waals surface area contributed by atoms with Crippen LogP contribution in [0.3, 0.4) is 0 Å². The number of hydrogen-bond donors (Lipinski definition) is 2. The second-order valence-corrected chi connectivity index (χ2v) is 4.82. The van der Waals surface area contributed by atoms with Gasteiger partial charge in [-0.2, -0.15) is 0 Å². The van der Waals surface area contributed by atoms with Gasteiger partial charge in [0.2, 0.25) is 0 Å². The number of nitrogens with one attached hydrogen (secondary N) is 2. The fraction of sp³-hybridized carbons (Fsp3) is 0.353. The van der Waals surface area contributed by atoms with Crippen molar-refractivity contribution in [1.82, 2.24) is 10.6 Å². The zero-order chi connectivity index (χ0) is 15.1. The molecule has 4 nitrogen and oxygen atoms in total. The van der Waals surface area contributed by atoms with Crippen molar-refractivity contribution in [2.45, 2.75) is 20.3 Å². The molecule has 1 aromatic carbocycles. The van der Waals surface area contributed by atoms with Crippen molar-refractivity contribution in [1.29, 1.82) is 0 Å². The fourth-order valence-electron chi connectivity index (χ4n) is 2.05. The number of carbonyl (C=O) groups excluding carboxylic acids is 1. The van der Waals surface area contributed by atoms with Crippen LogP contribution in [0, 0.1) is 0 Å². The highest BCUT2D eigenvalue weighted by molar-refractivity contribution is 5.92. The SMILES string of the molecule is CCNCCNC(=O)c1ccc(-c2ccc(CC)cc2)o1.Cl. The van der Waals surface area contributed by atoms with Crippen molar-refractivity contribution >= 4 is 18.3 Å². The van der Waals surface area contributed by atoms with Gasteiger partial charge >= 0.3 is 0 Å². The van der Waals surface area contributed by atoms with Crippen LogP contribution < -0.4 is 10.6 Å². The Morgan fingerprint density at radius 3 is 2.41 bits per heavy atom. The first-order valence-electron chi connectivity index (χ1n) is 7.42. The number of carbonyl (C=O) groups is 1. The summed E-state index contributed by atoms with van der Waals surface area (Å²) in [6, 6.07) is 11.7. The molecule has 0 aliphatic heterocycles. The molecule has 0 aliphatic rings. The molecule has 0 spiro atoms.